The number of esters is 1. The van der Waals surface area contributed by atoms with Crippen molar-refractivity contribution in [3.63, 3.8) is 0 Å². The third-order valence-electron chi connectivity index (χ3n) is 4.59. The third-order valence-corrected chi connectivity index (χ3v) is 4.59. The second-order valence-corrected chi connectivity index (χ2v) is 6.41. The molecule has 146 valence electrons. The summed E-state index contributed by atoms with van der Waals surface area (Å²) < 4.78 is 12.8. The van der Waals surface area contributed by atoms with Gasteiger partial charge in [0.15, 0.2) is 29.3 Å². The van der Waals surface area contributed by atoms with Crippen LogP contribution in [-0.2, 0) is 14.3 Å². The van der Waals surface area contributed by atoms with Crippen LogP contribution in [0.4, 0.5) is 5.82 Å². The minimum atomic E-state index is -1.22. The summed E-state index contributed by atoms with van der Waals surface area (Å²) in [5, 5.41) is 20.1. The Hall–Kier alpha value is -3.08. The second kappa shape index (κ2) is 7.15. The van der Waals surface area contributed by atoms with E-state index in [0.717, 1.165) is 5.56 Å². The zero-order valence-corrected chi connectivity index (χ0v) is 15.0. The van der Waals surface area contributed by atoms with Crippen molar-refractivity contribution in [2.75, 3.05) is 12.3 Å². The molecule has 1 aromatic carbocycles. The van der Waals surface area contributed by atoms with Gasteiger partial charge in [-0.1, -0.05) is 30.3 Å². The number of hydrogen-bond acceptors (Lipinski definition) is 9. The van der Waals surface area contributed by atoms with Crippen LogP contribution in [-0.4, -0.2) is 60.6 Å². The molecule has 4 N–H and O–H groups in total. The molecular formula is C18H19N5O5. The molecule has 4 rings (SSSR count). The fraction of sp³-hybridized carbons (Fsp3) is 0.333. The second-order valence-electron chi connectivity index (χ2n) is 6.41. The average Bonchev–Trinajstić information content (AvgIpc) is 3.21. The number of nitrogen functional groups attached to an aromatic ring is 1. The van der Waals surface area contributed by atoms with E-state index in [1.165, 1.54) is 13.3 Å². The Balaban J connectivity index is 1.93. The Kier molecular flexibility index (Phi) is 4.67. The number of fused-ring (bicyclic) bond motifs is 1. The standard InChI is InChI=1S/C18H19N5O5/c1-9(25)27-14-13(26)11(7-24)28-18(14)23-16(10-5-3-2-4-6-10)22-12-15(19)20-8-21-17(12)23/h2-6,8,11,13-14,18,24,26H,7H2,1H3,(H2,19,20,21)/t11-,13-,14-,18-/m1/s1. The van der Waals surface area contributed by atoms with Crippen LogP contribution >= 0.6 is 0 Å². The molecule has 10 heteroatoms. The Morgan fingerprint density at radius 2 is 2.07 bits per heavy atom. The summed E-state index contributed by atoms with van der Waals surface area (Å²) >= 11 is 0. The number of nitrogens with two attached hydrogens (primary N) is 1. The molecule has 28 heavy (non-hydrogen) atoms. The lowest BCUT2D eigenvalue weighted by molar-refractivity contribution is -0.155. The van der Waals surface area contributed by atoms with Crippen LogP contribution in [0, 0.1) is 0 Å². The lowest BCUT2D eigenvalue weighted by Gasteiger charge is -2.23. The van der Waals surface area contributed by atoms with Crippen molar-refractivity contribution in [1.29, 1.82) is 0 Å². The number of ether oxygens (including phenoxy) is 2. The van der Waals surface area contributed by atoms with Crippen molar-refractivity contribution < 1.29 is 24.5 Å². The molecule has 0 spiro atoms. The first-order valence-electron chi connectivity index (χ1n) is 8.66. The van der Waals surface area contributed by atoms with Crippen LogP contribution < -0.4 is 5.73 Å². The van der Waals surface area contributed by atoms with Gasteiger partial charge in [0.1, 0.15) is 24.4 Å². The van der Waals surface area contributed by atoms with Crippen LogP contribution in [0.1, 0.15) is 13.2 Å². The van der Waals surface area contributed by atoms with Gasteiger partial charge in [-0.2, -0.15) is 0 Å². The van der Waals surface area contributed by atoms with Crippen LogP contribution in [0.2, 0.25) is 0 Å². The summed E-state index contributed by atoms with van der Waals surface area (Å²) in [5.41, 5.74) is 7.43. The molecule has 1 aliphatic heterocycles. The number of imidazole rings is 1. The number of hydrogen-bond donors (Lipinski definition) is 3. The van der Waals surface area contributed by atoms with Gasteiger partial charge in [0, 0.05) is 12.5 Å². The maximum Gasteiger partial charge on any atom is 0.303 e. The first-order valence-corrected chi connectivity index (χ1v) is 8.66. The van der Waals surface area contributed by atoms with Crippen LogP contribution in [0.3, 0.4) is 0 Å². The van der Waals surface area contributed by atoms with E-state index in [1.807, 2.05) is 30.3 Å². The van der Waals surface area contributed by atoms with Crippen molar-refractivity contribution >= 4 is 23.0 Å². The van der Waals surface area contributed by atoms with Gasteiger partial charge in [0.05, 0.1) is 6.61 Å². The normalized spacial score (nSPS) is 24.5. The number of anilines is 1. The summed E-state index contributed by atoms with van der Waals surface area (Å²) in [6, 6.07) is 9.25. The highest BCUT2D eigenvalue weighted by Crippen LogP contribution is 2.38. The zero-order chi connectivity index (χ0) is 19.8. The maximum absolute atomic E-state index is 11.6. The highest BCUT2D eigenvalue weighted by Gasteiger charge is 2.48. The van der Waals surface area contributed by atoms with E-state index in [1.54, 1.807) is 4.57 Å². The van der Waals surface area contributed by atoms with Gasteiger partial charge in [-0.3, -0.25) is 9.36 Å². The van der Waals surface area contributed by atoms with E-state index >= 15 is 0 Å². The monoisotopic (exact) mass is 385 g/mol. The topological polar surface area (TPSA) is 146 Å². The number of aliphatic hydroxyl groups excluding tert-OH is 2. The summed E-state index contributed by atoms with van der Waals surface area (Å²) in [6.45, 7) is 0.792. The molecule has 0 saturated carbocycles. The number of aromatic nitrogens is 4. The summed E-state index contributed by atoms with van der Waals surface area (Å²) in [6.07, 6.45) is -2.90. The van der Waals surface area contributed by atoms with Crippen molar-refractivity contribution in [3.05, 3.63) is 36.7 Å². The maximum atomic E-state index is 11.6. The fourth-order valence-corrected chi connectivity index (χ4v) is 3.35. The molecule has 2 aromatic heterocycles. The van der Waals surface area contributed by atoms with Crippen molar-refractivity contribution in [1.82, 2.24) is 19.5 Å². The summed E-state index contributed by atoms with van der Waals surface area (Å²) in [7, 11) is 0. The molecular weight excluding hydrogens is 366 g/mol. The SMILES string of the molecule is CC(=O)O[C@@H]1[C@H](O)[C@@H](CO)O[C@H]1n1c(-c2ccccc2)nc2c(N)ncnc21. The Morgan fingerprint density at radius 3 is 2.75 bits per heavy atom. The van der Waals surface area contributed by atoms with E-state index in [2.05, 4.69) is 15.0 Å². The van der Waals surface area contributed by atoms with Gasteiger partial charge in [-0.15, -0.1) is 0 Å². The van der Waals surface area contributed by atoms with Gasteiger partial charge >= 0.3 is 5.97 Å². The molecule has 4 atom stereocenters. The number of carbonyl (C=O) groups excluding carboxylic acids is 1. The number of carbonyl (C=O) groups is 1. The zero-order valence-electron chi connectivity index (χ0n) is 15.0. The summed E-state index contributed by atoms with van der Waals surface area (Å²) in [5.74, 6) is 0.0500. The fourth-order valence-electron chi connectivity index (χ4n) is 3.35. The first-order chi connectivity index (χ1) is 13.5. The lowest BCUT2D eigenvalue weighted by Crippen LogP contribution is -2.36. The summed E-state index contributed by atoms with van der Waals surface area (Å²) in [4.78, 5) is 24.4. The van der Waals surface area contributed by atoms with Crippen LogP contribution in [0.25, 0.3) is 22.6 Å². The van der Waals surface area contributed by atoms with Crippen LogP contribution in [0.5, 0.6) is 0 Å². The molecule has 0 unspecified atom stereocenters. The Morgan fingerprint density at radius 1 is 1.32 bits per heavy atom. The predicted molar refractivity (Wildman–Crippen MR) is 97.7 cm³/mol. The highest BCUT2D eigenvalue weighted by atomic mass is 16.6. The van der Waals surface area contributed by atoms with E-state index < -0.39 is 37.1 Å². The largest absolute Gasteiger partial charge is 0.455 e. The minimum Gasteiger partial charge on any atom is -0.455 e. The molecule has 3 heterocycles. The lowest BCUT2D eigenvalue weighted by atomic mass is 10.1. The van der Waals surface area contributed by atoms with E-state index in [4.69, 9.17) is 15.2 Å². The number of nitrogens with zero attached hydrogens (tertiary/aromatic N) is 4. The third kappa shape index (κ3) is 2.97. The molecule has 0 aliphatic carbocycles. The molecule has 0 amide bonds. The molecule has 1 aliphatic rings. The molecule has 10 nitrogen and oxygen atoms in total. The Bertz CT molecular complexity index is 1010. The molecule has 1 fully saturated rings. The molecule has 3 aromatic rings. The predicted octanol–water partition coefficient (Wildman–Crippen LogP) is 0.258. The van der Waals surface area contributed by atoms with E-state index in [-0.39, 0.29) is 5.82 Å². The first kappa shape index (κ1) is 18.3. The Labute approximate surface area is 159 Å². The van der Waals surface area contributed by atoms with Crippen LogP contribution in [0.15, 0.2) is 36.7 Å². The smallest absolute Gasteiger partial charge is 0.303 e. The number of rotatable bonds is 4. The quantitative estimate of drug-likeness (QED) is 0.538. The average molecular weight is 385 g/mol. The number of aliphatic hydroxyl groups is 2. The molecule has 0 radical (unpaired) electrons. The highest BCUT2D eigenvalue weighted by molar-refractivity contribution is 5.85. The van der Waals surface area contributed by atoms with Crippen molar-refractivity contribution in [2.45, 2.75) is 31.5 Å². The minimum absolute atomic E-state index is 0.183. The van der Waals surface area contributed by atoms with Crippen molar-refractivity contribution in [2.24, 2.45) is 0 Å². The molecule has 1 saturated heterocycles. The van der Waals surface area contributed by atoms with E-state index in [0.29, 0.717) is 17.0 Å². The number of benzene rings is 1. The van der Waals surface area contributed by atoms with Crippen molar-refractivity contribution in [3.8, 4) is 11.4 Å². The molecule has 0 bridgehead atoms. The van der Waals surface area contributed by atoms with Gasteiger partial charge in [0.25, 0.3) is 0 Å². The van der Waals surface area contributed by atoms with Gasteiger partial charge in [-0.25, -0.2) is 15.0 Å². The van der Waals surface area contributed by atoms with Gasteiger partial charge in [-0.05, 0) is 0 Å². The van der Waals surface area contributed by atoms with E-state index in [9.17, 15) is 15.0 Å². The van der Waals surface area contributed by atoms with Gasteiger partial charge in [0.2, 0.25) is 0 Å². The van der Waals surface area contributed by atoms with Gasteiger partial charge < -0.3 is 25.4 Å².